The van der Waals surface area contributed by atoms with Crippen molar-refractivity contribution in [2.75, 3.05) is 0 Å². The maximum atomic E-state index is 11.8. The normalized spacial score (nSPS) is 13.6. The maximum absolute atomic E-state index is 11.8. The van der Waals surface area contributed by atoms with Gasteiger partial charge in [-0.25, -0.2) is 9.97 Å². The van der Waals surface area contributed by atoms with Crippen LogP contribution in [-0.2, 0) is 0 Å². The highest BCUT2D eigenvalue weighted by atomic mass is 16.1. The van der Waals surface area contributed by atoms with E-state index < -0.39 is 0 Å². The monoisotopic (exact) mass is 206 g/mol. The minimum absolute atomic E-state index is 0.123. The van der Waals surface area contributed by atoms with E-state index in [4.69, 9.17) is 0 Å². The van der Waals surface area contributed by atoms with Crippen molar-refractivity contribution in [3.63, 3.8) is 0 Å². The van der Waals surface area contributed by atoms with Crippen LogP contribution in [0.1, 0.15) is 44.5 Å². The van der Waals surface area contributed by atoms with E-state index in [1.54, 1.807) is 12.4 Å². The first-order chi connectivity index (χ1) is 6.91. The molecule has 0 fully saturated rings. The zero-order valence-electron chi connectivity index (χ0n) is 9.82. The number of carbonyl (C=O) groups is 1. The van der Waals surface area contributed by atoms with Gasteiger partial charge >= 0.3 is 0 Å². The van der Waals surface area contributed by atoms with Crippen LogP contribution in [-0.4, -0.2) is 15.8 Å². The molecule has 0 aliphatic carbocycles. The van der Waals surface area contributed by atoms with Gasteiger partial charge in [0.1, 0.15) is 6.33 Å². The largest absolute Gasteiger partial charge is 0.294 e. The molecule has 0 amide bonds. The lowest BCUT2D eigenvalue weighted by atomic mass is 9.79. The van der Waals surface area contributed by atoms with Gasteiger partial charge in [-0.3, -0.25) is 4.79 Å². The van der Waals surface area contributed by atoms with Gasteiger partial charge in [-0.05, 0) is 11.3 Å². The summed E-state index contributed by atoms with van der Waals surface area (Å²) in [5.74, 6) is 0.475. The third-order valence-corrected chi connectivity index (χ3v) is 2.85. The minimum atomic E-state index is 0.123. The number of carbonyl (C=O) groups excluding carboxylic acids is 1. The van der Waals surface area contributed by atoms with Gasteiger partial charge in [0.2, 0.25) is 0 Å². The number of rotatable bonds is 3. The Morgan fingerprint density at radius 3 is 2.33 bits per heavy atom. The fourth-order valence-corrected chi connectivity index (χ4v) is 1.15. The highest BCUT2D eigenvalue weighted by Crippen LogP contribution is 2.28. The molecule has 1 heterocycles. The van der Waals surface area contributed by atoms with E-state index in [-0.39, 0.29) is 11.2 Å². The average molecular weight is 206 g/mol. The van der Waals surface area contributed by atoms with E-state index in [0.717, 1.165) is 0 Å². The van der Waals surface area contributed by atoms with Crippen molar-refractivity contribution < 1.29 is 4.79 Å². The molecule has 15 heavy (non-hydrogen) atoms. The average Bonchev–Trinajstić information content (AvgIpc) is 2.17. The number of hydrogen-bond donors (Lipinski definition) is 0. The summed E-state index contributed by atoms with van der Waals surface area (Å²) in [6, 6.07) is 0. The van der Waals surface area contributed by atoms with Crippen molar-refractivity contribution in [2.24, 2.45) is 11.3 Å². The summed E-state index contributed by atoms with van der Waals surface area (Å²) in [6.07, 6.45) is 5.14. The first-order valence-corrected chi connectivity index (χ1v) is 5.19. The molecular weight excluding hydrogens is 188 g/mol. The van der Waals surface area contributed by atoms with Crippen molar-refractivity contribution in [1.82, 2.24) is 9.97 Å². The molecule has 0 aliphatic rings. The summed E-state index contributed by atoms with van der Waals surface area (Å²) < 4.78 is 0. The molecule has 0 spiro atoms. The Balaban J connectivity index is 2.65. The van der Waals surface area contributed by atoms with E-state index >= 15 is 0 Å². The molecular formula is C12H18N2O. The van der Waals surface area contributed by atoms with Gasteiger partial charge in [0, 0.05) is 18.8 Å². The predicted molar refractivity (Wildman–Crippen MR) is 59.6 cm³/mol. The molecule has 0 aromatic carbocycles. The molecule has 3 nitrogen and oxygen atoms in total. The van der Waals surface area contributed by atoms with Crippen LogP contribution in [0.5, 0.6) is 0 Å². The zero-order valence-corrected chi connectivity index (χ0v) is 9.82. The third kappa shape index (κ3) is 3.42. The van der Waals surface area contributed by atoms with Gasteiger partial charge in [0.15, 0.2) is 5.78 Å². The van der Waals surface area contributed by atoms with Crippen molar-refractivity contribution >= 4 is 5.78 Å². The number of hydrogen-bond acceptors (Lipinski definition) is 3. The molecule has 0 radical (unpaired) electrons. The van der Waals surface area contributed by atoms with E-state index in [1.807, 2.05) is 0 Å². The van der Waals surface area contributed by atoms with Gasteiger partial charge in [-0.2, -0.15) is 0 Å². The predicted octanol–water partition coefficient (Wildman–Crippen LogP) is 2.73. The number of aromatic nitrogens is 2. The summed E-state index contributed by atoms with van der Waals surface area (Å²) in [7, 11) is 0. The summed E-state index contributed by atoms with van der Waals surface area (Å²) >= 11 is 0. The molecule has 0 bridgehead atoms. The lowest BCUT2D eigenvalue weighted by Gasteiger charge is -2.26. The van der Waals surface area contributed by atoms with Gasteiger partial charge < -0.3 is 0 Å². The fourth-order valence-electron chi connectivity index (χ4n) is 1.15. The fraction of sp³-hybridized carbons (Fsp3) is 0.583. The summed E-state index contributed by atoms with van der Waals surface area (Å²) in [5.41, 5.74) is 0.763. The molecule has 3 heteroatoms. The second-order valence-electron chi connectivity index (χ2n) is 5.02. The summed E-state index contributed by atoms with van der Waals surface area (Å²) in [6.45, 7) is 8.53. The van der Waals surface area contributed by atoms with Crippen LogP contribution in [0.25, 0.3) is 0 Å². The Kier molecular flexibility index (Phi) is 3.56. The maximum Gasteiger partial charge on any atom is 0.166 e. The lowest BCUT2D eigenvalue weighted by Crippen LogP contribution is -2.20. The Labute approximate surface area is 91.0 Å². The molecule has 1 rings (SSSR count). The number of Topliss-reactive ketones (excluding diaryl/α,β-unsaturated/α-hetero) is 1. The van der Waals surface area contributed by atoms with Crippen molar-refractivity contribution in [1.29, 1.82) is 0 Å². The van der Waals surface area contributed by atoms with Gasteiger partial charge in [-0.15, -0.1) is 0 Å². The van der Waals surface area contributed by atoms with Crippen molar-refractivity contribution in [3.05, 3.63) is 24.3 Å². The standard InChI is InChI=1S/C12H18N2O/c1-9(12(2,3)4)5-11(15)10-6-13-8-14-7-10/h6-9H,5H2,1-4H3. The van der Waals surface area contributed by atoms with Gasteiger partial charge in [-0.1, -0.05) is 27.7 Å². The smallest absolute Gasteiger partial charge is 0.166 e. The minimum Gasteiger partial charge on any atom is -0.294 e. The van der Waals surface area contributed by atoms with E-state index in [2.05, 4.69) is 37.7 Å². The summed E-state index contributed by atoms with van der Waals surface area (Å²) in [4.78, 5) is 19.5. The molecule has 0 aliphatic heterocycles. The van der Waals surface area contributed by atoms with Crippen LogP contribution >= 0.6 is 0 Å². The molecule has 82 valence electrons. The molecule has 1 aromatic rings. The van der Waals surface area contributed by atoms with Gasteiger partial charge in [0.05, 0.1) is 5.56 Å². The van der Waals surface area contributed by atoms with Crippen LogP contribution in [0.2, 0.25) is 0 Å². The number of nitrogens with zero attached hydrogens (tertiary/aromatic N) is 2. The van der Waals surface area contributed by atoms with Crippen LogP contribution in [0.4, 0.5) is 0 Å². The second kappa shape index (κ2) is 4.51. The highest BCUT2D eigenvalue weighted by molar-refractivity contribution is 5.95. The molecule has 0 N–H and O–H groups in total. The first-order valence-electron chi connectivity index (χ1n) is 5.19. The van der Waals surface area contributed by atoms with Crippen molar-refractivity contribution in [2.45, 2.75) is 34.1 Å². The lowest BCUT2D eigenvalue weighted by molar-refractivity contribution is 0.0926. The van der Waals surface area contributed by atoms with Crippen LogP contribution in [0.3, 0.4) is 0 Å². The Hall–Kier alpha value is -1.25. The Bertz CT molecular complexity index is 327. The number of ketones is 1. The molecule has 1 aromatic heterocycles. The SMILES string of the molecule is CC(CC(=O)c1cncnc1)C(C)(C)C. The van der Waals surface area contributed by atoms with Crippen LogP contribution in [0.15, 0.2) is 18.7 Å². The Morgan fingerprint density at radius 1 is 1.33 bits per heavy atom. The highest BCUT2D eigenvalue weighted by Gasteiger charge is 2.23. The quantitative estimate of drug-likeness (QED) is 0.714. The van der Waals surface area contributed by atoms with Crippen LogP contribution in [0, 0.1) is 11.3 Å². The zero-order chi connectivity index (χ0) is 11.5. The Morgan fingerprint density at radius 2 is 1.87 bits per heavy atom. The summed E-state index contributed by atoms with van der Waals surface area (Å²) in [5, 5.41) is 0. The molecule has 1 unspecified atom stereocenters. The molecule has 0 saturated carbocycles. The van der Waals surface area contributed by atoms with Crippen molar-refractivity contribution in [3.8, 4) is 0 Å². The van der Waals surface area contributed by atoms with E-state index in [9.17, 15) is 4.79 Å². The van der Waals surface area contributed by atoms with E-state index in [0.29, 0.717) is 17.9 Å². The van der Waals surface area contributed by atoms with Crippen LogP contribution < -0.4 is 0 Å². The molecule has 0 saturated heterocycles. The molecule has 1 atom stereocenters. The second-order valence-corrected chi connectivity index (χ2v) is 5.02. The van der Waals surface area contributed by atoms with Gasteiger partial charge in [0.25, 0.3) is 0 Å². The topological polar surface area (TPSA) is 42.9 Å². The van der Waals surface area contributed by atoms with E-state index in [1.165, 1.54) is 6.33 Å². The third-order valence-electron chi connectivity index (χ3n) is 2.85. The first kappa shape index (κ1) is 11.8.